The van der Waals surface area contributed by atoms with E-state index in [9.17, 15) is 9.59 Å². The molecule has 0 saturated carbocycles. The molecule has 29 heavy (non-hydrogen) atoms. The molecule has 3 aromatic rings. The summed E-state index contributed by atoms with van der Waals surface area (Å²) in [5.74, 6) is -0.547. The number of carbonyl (C=O) groups is 2. The number of nitrogens with one attached hydrogen (secondary N) is 1. The van der Waals surface area contributed by atoms with Crippen molar-refractivity contribution >= 4 is 75.2 Å². The Labute approximate surface area is 190 Å². The Morgan fingerprint density at radius 2 is 2.07 bits per heavy atom. The monoisotopic (exact) mass is 486 g/mol. The Morgan fingerprint density at radius 3 is 2.72 bits per heavy atom. The molecule has 0 fully saturated rings. The third kappa shape index (κ3) is 5.73. The number of nitrogens with zero attached hydrogens (tertiary/aromatic N) is 1. The van der Waals surface area contributed by atoms with Crippen LogP contribution in [0.1, 0.15) is 22.3 Å². The number of thiophene rings is 1. The molecule has 3 rings (SSSR count). The zero-order valence-corrected chi connectivity index (χ0v) is 19.4. The fourth-order valence-electron chi connectivity index (χ4n) is 2.37. The molecule has 0 atom stereocenters. The number of ether oxygens (including phenoxy) is 1. The van der Waals surface area contributed by atoms with E-state index in [-0.39, 0.29) is 18.3 Å². The molecule has 1 aromatic carbocycles. The molecule has 1 N–H and O–H groups in total. The first-order chi connectivity index (χ1) is 13.9. The molecule has 0 aliphatic heterocycles. The number of rotatable bonds is 7. The van der Waals surface area contributed by atoms with Crippen LogP contribution in [0.5, 0.6) is 0 Å². The molecule has 0 radical (unpaired) electrons. The summed E-state index contributed by atoms with van der Waals surface area (Å²) in [5, 5.41) is 5.71. The van der Waals surface area contributed by atoms with Crippen molar-refractivity contribution in [2.75, 3.05) is 17.7 Å². The van der Waals surface area contributed by atoms with Crippen LogP contribution in [0, 0.1) is 6.92 Å². The quantitative estimate of drug-likeness (QED) is 0.309. The Hall–Kier alpha value is -1.58. The molecule has 2 heterocycles. The number of amides is 1. The lowest BCUT2D eigenvalue weighted by molar-refractivity contribution is -0.113. The van der Waals surface area contributed by atoms with Crippen LogP contribution in [0.4, 0.5) is 5.69 Å². The van der Waals surface area contributed by atoms with Crippen LogP contribution in [-0.4, -0.2) is 29.2 Å². The van der Waals surface area contributed by atoms with E-state index in [4.69, 9.17) is 27.9 Å². The summed E-state index contributed by atoms with van der Waals surface area (Å²) in [6.07, 6.45) is 0. The fourth-order valence-corrected chi connectivity index (χ4v) is 5.63. The van der Waals surface area contributed by atoms with E-state index in [2.05, 4.69) is 10.3 Å². The largest absolute Gasteiger partial charge is 0.462 e. The Bertz CT molecular complexity index is 1050. The summed E-state index contributed by atoms with van der Waals surface area (Å²) < 4.78 is 5.95. The topological polar surface area (TPSA) is 68.3 Å². The van der Waals surface area contributed by atoms with E-state index in [1.807, 2.05) is 12.3 Å². The smallest absolute Gasteiger partial charge is 0.350 e. The second-order valence-electron chi connectivity index (χ2n) is 5.79. The number of halogens is 2. The van der Waals surface area contributed by atoms with Crippen LogP contribution in [0.25, 0.3) is 10.4 Å². The van der Waals surface area contributed by atoms with Crippen LogP contribution in [-0.2, 0) is 9.53 Å². The van der Waals surface area contributed by atoms with E-state index >= 15 is 0 Å². The van der Waals surface area contributed by atoms with Crippen LogP contribution in [0.15, 0.2) is 34.0 Å². The molecular formula is C19H16Cl2N2O3S3. The number of thioether (sulfide) groups is 1. The number of benzene rings is 1. The fraction of sp³-hybridized carbons (Fsp3) is 0.211. The summed E-state index contributed by atoms with van der Waals surface area (Å²) in [6.45, 7) is 3.87. The maximum absolute atomic E-state index is 12.4. The number of thiazole rings is 1. The minimum Gasteiger partial charge on any atom is -0.462 e. The van der Waals surface area contributed by atoms with Crippen molar-refractivity contribution in [1.29, 1.82) is 0 Å². The predicted molar refractivity (Wildman–Crippen MR) is 122 cm³/mol. The first kappa shape index (κ1) is 22.1. The molecule has 5 nitrogen and oxygen atoms in total. The van der Waals surface area contributed by atoms with Crippen LogP contribution < -0.4 is 5.32 Å². The Kier molecular flexibility index (Phi) is 7.59. The maximum atomic E-state index is 12.4. The highest BCUT2D eigenvalue weighted by molar-refractivity contribution is 8.01. The number of hydrogen-bond acceptors (Lipinski definition) is 7. The normalized spacial score (nSPS) is 10.8. The van der Waals surface area contributed by atoms with Crippen molar-refractivity contribution in [3.8, 4) is 10.4 Å². The summed E-state index contributed by atoms with van der Waals surface area (Å²) >= 11 is 16.3. The average molecular weight is 487 g/mol. The number of anilines is 1. The van der Waals surface area contributed by atoms with Crippen molar-refractivity contribution in [2.45, 2.75) is 18.2 Å². The molecule has 0 aliphatic rings. The van der Waals surface area contributed by atoms with E-state index in [0.29, 0.717) is 20.6 Å². The number of carbonyl (C=O) groups excluding carboxylic acids is 2. The molecule has 0 unspecified atom stereocenters. The molecule has 0 aliphatic carbocycles. The van der Waals surface area contributed by atoms with Crippen molar-refractivity contribution < 1.29 is 14.3 Å². The first-order valence-corrected chi connectivity index (χ1v) is 11.9. The lowest BCUT2D eigenvalue weighted by atomic mass is 10.2. The minimum absolute atomic E-state index is 0.183. The molecule has 0 saturated heterocycles. The van der Waals surface area contributed by atoms with Gasteiger partial charge in [-0.25, -0.2) is 9.78 Å². The highest BCUT2D eigenvalue weighted by atomic mass is 35.5. The van der Waals surface area contributed by atoms with Crippen LogP contribution in [0.3, 0.4) is 0 Å². The molecule has 2 aromatic heterocycles. The lowest BCUT2D eigenvalue weighted by Gasteiger charge is -2.05. The lowest BCUT2D eigenvalue weighted by Crippen LogP contribution is -2.16. The second kappa shape index (κ2) is 9.95. The van der Waals surface area contributed by atoms with Crippen LogP contribution >= 0.6 is 57.6 Å². The molecular weight excluding hydrogens is 471 g/mol. The summed E-state index contributed by atoms with van der Waals surface area (Å²) in [4.78, 5) is 30.2. The van der Waals surface area contributed by atoms with E-state index in [1.54, 1.807) is 31.2 Å². The van der Waals surface area contributed by atoms with Gasteiger partial charge in [-0.1, -0.05) is 41.0 Å². The van der Waals surface area contributed by atoms with Crippen LogP contribution in [0.2, 0.25) is 10.0 Å². The summed E-state index contributed by atoms with van der Waals surface area (Å²) in [6, 6.07) is 6.85. The number of aromatic nitrogens is 1. The number of hydrogen-bond donors (Lipinski definition) is 1. The molecule has 1 amide bonds. The zero-order chi connectivity index (χ0) is 21.0. The van der Waals surface area contributed by atoms with Crippen molar-refractivity contribution in [2.24, 2.45) is 0 Å². The molecule has 0 bridgehead atoms. The SMILES string of the molecule is CCOC(=O)c1sc(-c2ccc(Cl)cc2Cl)cc1NC(=O)CSc1nc(C)cs1. The van der Waals surface area contributed by atoms with Gasteiger partial charge in [-0.3, -0.25) is 4.79 Å². The summed E-state index contributed by atoms with van der Waals surface area (Å²) in [5.41, 5.74) is 2.04. The van der Waals surface area contributed by atoms with Gasteiger partial charge >= 0.3 is 5.97 Å². The molecule has 10 heteroatoms. The third-order valence-corrected chi connectivity index (χ3v) is 7.42. The second-order valence-corrected chi connectivity index (χ2v) is 9.77. The van der Waals surface area contributed by atoms with Gasteiger partial charge in [0.25, 0.3) is 0 Å². The third-order valence-electron chi connectivity index (χ3n) is 3.59. The molecule has 152 valence electrons. The van der Waals surface area contributed by atoms with E-state index in [1.165, 1.54) is 34.4 Å². The van der Waals surface area contributed by atoms with Gasteiger partial charge in [0.05, 0.1) is 23.1 Å². The molecule has 0 spiro atoms. The predicted octanol–water partition coefficient (Wildman–Crippen LogP) is 6.39. The van der Waals surface area contributed by atoms with Crippen molar-refractivity contribution in [3.63, 3.8) is 0 Å². The standard InChI is InChI=1S/C19H16Cl2N2O3S3/c1-3-26-18(25)17-14(23-16(24)9-28-19-22-10(2)8-27-19)7-15(29-17)12-5-4-11(20)6-13(12)21/h4-8H,3,9H2,1-2H3,(H,23,24). The van der Waals surface area contributed by atoms with Gasteiger partial charge < -0.3 is 10.1 Å². The minimum atomic E-state index is -0.493. The first-order valence-electron chi connectivity index (χ1n) is 8.48. The number of aryl methyl sites for hydroxylation is 1. The zero-order valence-electron chi connectivity index (χ0n) is 15.5. The Balaban J connectivity index is 1.82. The maximum Gasteiger partial charge on any atom is 0.350 e. The van der Waals surface area contributed by atoms with Gasteiger partial charge in [-0.15, -0.1) is 22.7 Å². The summed E-state index contributed by atoms with van der Waals surface area (Å²) in [7, 11) is 0. The van der Waals surface area contributed by atoms with Gasteiger partial charge in [0.15, 0.2) is 4.34 Å². The van der Waals surface area contributed by atoms with Gasteiger partial charge in [-0.05, 0) is 32.0 Å². The number of esters is 1. The Morgan fingerprint density at radius 1 is 1.28 bits per heavy atom. The van der Waals surface area contributed by atoms with Crippen molar-refractivity contribution in [1.82, 2.24) is 4.98 Å². The van der Waals surface area contributed by atoms with Gasteiger partial charge in [0, 0.05) is 26.5 Å². The highest BCUT2D eigenvalue weighted by Crippen LogP contribution is 2.39. The highest BCUT2D eigenvalue weighted by Gasteiger charge is 2.21. The van der Waals surface area contributed by atoms with Gasteiger partial charge in [0.2, 0.25) is 5.91 Å². The van der Waals surface area contributed by atoms with Gasteiger partial charge in [0.1, 0.15) is 4.88 Å². The van der Waals surface area contributed by atoms with E-state index < -0.39 is 5.97 Å². The van der Waals surface area contributed by atoms with Crippen molar-refractivity contribution in [3.05, 3.63) is 50.3 Å². The average Bonchev–Trinajstić information content (AvgIpc) is 3.26. The van der Waals surface area contributed by atoms with E-state index in [0.717, 1.165) is 20.5 Å². The van der Waals surface area contributed by atoms with Gasteiger partial charge in [-0.2, -0.15) is 0 Å².